The summed E-state index contributed by atoms with van der Waals surface area (Å²) in [6.07, 6.45) is 22.8. The molecule has 38 heavy (non-hydrogen) atoms. The summed E-state index contributed by atoms with van der Waals surface area (Å²) in [5, 5.41) is 0. The van der Waals surface area contributed by atoms with E-state index in [1.54, 1.807) is 6.92 Å². The van der Waals surface area contributed by atoms with Gasteiger partial charge in [-0.05, 0) is 108 Å². The van der Waals surface area contributed by atoms with Gasteiger partial charge in [0.2, 0.25) is 0 Å². The lowest BCUT2D eigenvalue weighted by atomic mass is 9.70. The molecule has 0 radical (unpaired) electrons. The van der Waals surface area contributed by atoms with E-state index < -0.39 is 0 Å². The molecule has 0 aromatic heterocycles. The van der Waals surface area contributed by atoms with Gasteiger partial charge in [0, 0.05) is 12.2 Å². The van der Waals surface area contributed by atoms with Crippen molar-refractivity contribution in [3.05, 3.63) is 12.2 Å². The molecular weight excluding hydrogens is 476 g/mol. The molecule has 0 aliphatic heterocycles. The summed E-state index contributed by atoms with van der Waals surface area (Å²) in [6.45, 7) is 8.80. The second-order valence-corrected chi connectivity index (χ2v) is 12.6. The molecule has 3 fully saturated rings. The number of carbonyl (C=O) groups is 2. The average molecular weight is 533 g/mol. The molecule has 0 unspecified atom stereocenters. The Balaban J connectivity index is 1.19. The van der Waals surface area contributed by atoms with Gasteiger partial charge in [-0.3, -0.25) is 4.79 Å². The smallest absolute Gasteiger partial charge is 0.333 e. The van der Waals surface area contributed by atoms with E-state index in [0.717, 1.165) is 88.6 Å². The normalized spacial score (nSPS) is 29.9. The van der Waals surface area contributed by atoms with E-state index in [-0.39, 0.29) is 30.1 Å². The first kappa shape index (κ1) is 31.2. The molecule has 0 N–H and O–H groups in total. The van der Waals surface area contributed by atoms with Gasteiger partial charge in [-0.25, -0.2) is 4.79 Å². The Labute approximate surface area is 232 Å². The molecular formula is C33H56O5. The molecule has 0 aromatic rings. The summed E-state index contributed by atoms with van der Waals surface area (Å²) in [6, 6.07) is 0. The van der Waals surface area contributed by atoms with Gasteiger partial charge in [0.1, 0.15) is 6.10 Å². The SMILES string of the molecule is C=C(C)C(=O)OCCCCCCOC1CCC(C(=O)OC2CCC(C3CCC(CCCC)CC3)CC2)CC1. The zero-order chi connectivity index (χ0) is 27.2. The maximum atomic E-state index is 12.8. The standard InChI is InChI=1S/C33H56O5/c1-4-5-10-26-11-13-27(14-12-26)28-15-21-31(22-16-28)38-33(35)29-17-19-30(20-18-29)36-23-8-6-7-9-24-37-32(34)25(2)3/h26-31H,2,4-24H2,1,3H3. The lowest BCUT2D eigenvalue weighted by Gasteiger charge is -2.38. The Bertz CT molecular complexity index is 694. The summed E-state index contributed by atoms with van der Waals surface area (Å²) in [5.74, 6) is 2.59. The first-order valence-corrected chi connectivity index (χ1v) is 16.1. The number of esters is 2. The summed E-state index contributed by atoms with van der Waals surface area (Å²) in [5.41, 5.74) is 0.453. The minimum atomic E-state index is -0.300. The van der Waals surface area contributed by atoms with Crippen molar-refractivity contribution in [1.29, 1.82) is 0 Å². The lowest BCUT2D eigenvalue weighted by molar-refractivity contribution is -0.158. The fourth-order valence-corrected chi connectivity index (χ4v) is 6.94. The Morgan fingerprint density at radius 2 is 1.29 bits per heavy atom. The molecule has 3 aliphatic carbocycles. The van der Waals surface area contributed by atoms with Crippen molar-refractivity contribution in [2.45, 2.75) is 148 Å². The van der Waals surface area contributed by atoms with E-state index in [9.17, 15) is 9.59 Å². The highest BCUT2D eigenvalue weighted by Crippen LogP contribution is 2.42. The van der Waals surface area contributed by atoms with Crippen molar-refractivity contribution in [2.75, 3.05) is 13.2 Å². The molecule has 0 amide bonds. The van der Waals surface area contributed by atoms with E-state index in [0.29, 0.717) is 12.2 Å². The monoisotopic (exact) mass is 532 g/mol. The van der Waals surface area contributed by atoms with Crippen LogP contribution in [-0.2, 0) is 23.8 Å². The molecule has 0 saturated heterocycles. The number of carbonyl (C=O) groups excluding carboxylic acids is 2. The van der Waals surface area contributed by atoms with Crippen LogP contribution in [0, 0.1) is 23.7 Å². The van der Waals surface area contributed by atoms with Gasteiger partial charge in [0.25, 0.3) is 0 Å². The van der Waals surface area contributed by atoms with E-state index in [1.165, 1.54) is 57.8 Å². The van der Waals surface area contributed by atoms with Crippen molar-refractivity contribution >= 4 is 11.9 Å². The molecule has 3 saturated carbocycles. The molecule has 3 rings (SSSR count). The topological polar surface area (TPSA) is 61.8 Å². The van der Waals surface area contributed by atoms with Crippen LogP contribution < -0.4 is 0 Å². The van der Waals surface area contributed by atoms with Gasteiger partial charge < -0.3 is 14.2 Å². The maximum Gasteiger partial charge on any atom is 0.333 e. The number of unbranched alkanes of at least 4 members (excludes halogenated alkanes) is 4. The van der Waals surface area contributed by atoms with Crippen LogP contribution in [0.1, 0.15) is 136 Å². The van der Waals surface area contributed by atoms with Crippen LogP contribution in [0.25, 0.3) is 0 Å². The zero-order valence-electron chi connectivity index (χ0n) is 24.6. The highest BCUT2D eigenvalue weighted by Gasteiger charge is 2.34. The molecule has 5 heteroatoms. The van der Waals surface area contributed by atoms with Gasteiger partial charge in [-0.15, -0.1) is 0 Å². The van der Waals surface area contributed by atoms with E-state index in [1.807, 2.05) is 0 Å². The van der Waals surface area contributed by atoms with Gasteiger partial charge in [-0.2, -0.15) is 0 Å². The first-order chi connectivity index (χ1) is 18.5. The molecule has 0 bridgehead atoms. The Morgan fingerprint density at radius 3 is 1.89 bits per heavy atom. The molecule has 3 aliphatic rings. The van der Waals surface area contributed by atoms with Crippen molar-refractivity contribution in [1.82, 2.24) is 0 Å². The summed E-state index contributed by atoms with van der Waals surface area (Å²) in [4.78, 5) is 24.2. The third-order valence-corrected chi connectivity index (χ3v) is 9.51. The third-order valence-electron chi connectivity index (χ3n) is 9.51. The molecule has 0 heterocycles. The summed E-state index contributed by atoms with van der Waals surface area (Å²) < 4.78 is 17.2. The lowest BCUT2D eigenvalue weighted by Crippen LogP contribution is -2.33. The maximum absolute atomic E-state index is 12.8. The fraction of sp³-hybridized carbons (Fsp3) is 0.879. The van der Waals surface area contributed by atoms with Crippen LogP contribution >= 0.6 is 0 Å². The Hall–Kier alpha value is -1.36. The minimum Gasteiger partial charge on any atom is -0.462 e. The van der Waals surface area contributed by atoms with E-state index >= 15 is 0 Å². The average Bonchev–Trinajstić information content (AvgIpc) is 2.94. The van der Waals surface area contributed by atoms with Crippen molar-refractivity contribution in [2.24, 2.45) is 23.7 Å². The largest absolute Gasteiger partial charge is 0.462 e. The van der Waals surface area contributed by atoms with E-state index in [4.69, 9.17) is 14.2 Å². The van der Waals surface area contributed by atoms with Crippen LogP contribution in [0.2, 0.25) is 0 Å². The Morgan fingerprint density at radius 1 is 0.711 bits per heavy atom. The molecule has 5 nitrogen and oxygen atoms in total. The highest BCUT2D eigenvalue weighted by atomic mass is 16.5. The van der Waals surface area contributed by atoms with Gasteiger partial charge in [0.15, 0.2) is 0 Å². The van der Waals surface area contributed by atoms with Crippen molar-refractivity contribution in [3.63, 3.8) is 0 Å². The number of hydrogen-bond acceptors (Lipinski definition) is 5. The first-order valence-electron chi connectivity index (χ1n) is 16.1. The second kappa shape index (κ2) is 17.4. The van der Waals surface area contributed by atoms with E-state index in [2.05, 4.69) is 13.5 Å². The summed E-state index contributed by atoms with van der Waals surface area (Å²) in [7, 11) is 0. The third kappa shape index (κ3) is 11.0. The quantitative estimate of drug-likeness (QED) is 0.120. The van der Waals surface area contributed by atoms with Crippen LogP contribution in [0.3, 0.4) is 0 Å². The molecule has 0 aromatic carbocycles. The van der Waals surface area contributed by atoms with Crippen molar-refractivity contribution < 1.29 is 23.8 Å². The van der Waals surface area contributed by atoms with Crippen LogP contribution in [0.5, 0.6) is 0 Å². The number of ether oxygens (including phenoxy) is 3. The molecule has 0 atom stereocenters. The summed E-state index contributed by atoms with van der Waals surface area (Å²) >= 11 is 0. The fourth-order valence-electron chi connectivity index (χ4n) is 6.94. The number of hydrogen-bond donors (Lipinski definition) is 0. The predicted octanol–water partition coefficient (Wildman–Crippen LogP) is 8.34. The van der Waals surface area contributed by atoms with Crippen LogP contribution in [0.15, 0.2) is 12.2 Å². The molecule has 218 valence electrons. The van der Waals surface area contributed by atoms with Gasteiger partial charge in [0.05, 0.1) is 18.6 Å². The van der Waals surface area contributed by atoms with Gasteiger partial charge >= 0.3 is 11.9 Å². The van der Waals surface area contributed by atoms with Crippen molar-refractivity contribution in [3.8, 4) is 0 Å². The molecule has 0 spiro atoms. The zero-order valence-corrected chi connectivity index (χ0v) is 24.6. The number of rotatable bonds is 15. The van der Waals surface area contributed by atoms with Gasteiger partial charge in [-0.1, -0.05) is 52.0 Å². The Kier molecular flexibility index (Phi) is 14.2. The highest BCUT2D eigenvalue weighted by molar-refractivity contribution is 5.86. The van der Waals surface area contributed by atoms with Crippen LogP contribution in [-0.4, -0.2) is 37.4 Å². The second-order valence-electron chi connectivity index (χ2n) is 12.6. The minimum absolute atomic E-state index is 0.0516. The van der Waals surface area contributed by atoms with Crippen LogP contribution in [0.4, 0.5) is 0 Å². The predicted molar refractivity (Wildman–Crippen MR) is 153 cm³/mol.